The summed E-state index contributed by atoms with van der Waals surface area (Å²) in [4.78, 5) is 25.8. The molecule has 1 aromatic heterocycles. The molecule has 2 aromatic carbocycles. The van der Waals surface area contributed by atoms with Gasteiger partial charge < -0.3 is 14.9 Å². The summed E-state index contributed by atoms with van der Waals surface area (Å²) < 4.78 is 5.59. The van der Waals surface area contributed by atoms with E-state index in [2.05, 4.69) is 21.4 Å². The van der Waals surface area contributed by atoms with Crippen molar-refractivity contribution in [3.63, 3.8) is 0 Å². The summed E-state index contributed by atoms with van der Waals surface area (Å²) in [5.74, 6) is -0.591. The Morgan fingerprint density at radius 3 is 2.78 bits per heavy atom. The van der Waals surface area contributed by atoms with Gasteiger partial charge in [-0.3, -0.25) is 14.5 Å². The zero-order valence-electron chi connectivity index (χ0n) is 17.3. The molecule has 164 valence electrons. The molecule has 1 saturated heterocycles. The number of aryl methyl sites for hydroxylation is 1. The second-order valence-corrected chi connectivity index (χ2v) is 8.81. The molecule has 3 aromatic rings. The Morgan fingerprint density at radius 2 is 2.00 bits per heavy atom. The van der Waals surface area contributed by atoms with E-state index in [0.29, 0.717) is 42.5 Å². The predicted octanol–water partition coefficient (Wildman–Crippen LogP) is 3.54. The van der Waals surface area contributed by atoms with Crippen LogP contribution in [0.5, 0.6) is 0 Å². The molecule has 0 unspecified atom stereocenters. The number of amides is 1. The SMILES string of the molecule is O=C(NCc1cccc(Cl)c1)c1noc2c1CCc1cc(CN3CC(C(=O)O)C3)ccc1-2. The summed E-state index contributed by atoms with van der Waals surface area (Å²) in [6.45, 7) is 2.27. The fourth-order valence-corrected chi connectivity index (χ4v) is 4.60. The van der Waals surface area contributed by atoms with Gasteiger partial charge in [0.25, 0.3) is 5.91 Å². The third-order valence-electron chi connectivity index (χ3n) is 6.12. The summed E-state index contributed by atoms with van der Waals surface area (Å²) >= 11 is 6.01. The molecule has 2 heterocycles. The van der Waals surface area contributed by atoms with Crippen LogP contribution in [0, 0.1) is 5.92 Å². The molecule has 7 nitrogen and oxygen atoms in total. The number of likely N-dealkylation sites (tertiary alicyclic amines) is 1. The number of hydrogen-bond acceptors (Lipinski definition) is 5. The Hall–Kier alpha value is -3.16. The highest BCUT2D eigenvalue weighted by atomic mass is 35.5. The zero-order chi connectivity index (χ0) is 22.2. The Labute approximate surface area is 190 Å². The third-order valence-corrected chi connectivity index (χ3v) is 6.35. The van der Waals surface area contributed by atoms with Crippen LogP contribution < -0.4 is 5.32 Å². The van der Waals surface area contributed by atoms with Crippen molar-refractivity contribution >= 4 is 23.5 Å². The van der Waals surface area contributed by atoms with Gasteiger partial charge in [0, 0.05) is 42.3 Å². The van der Waals surface area contributed by atoms with Crippen LogP contribution in [0.25, 0.3) is 11.3 Å². The molecule has 0 bridgehead atoms. The molecule has 1 aliphatic heterocycles. The van der Waals surface area contributed by atoms with Crippen molar-refractivity contribution in [2.45, 2.75) is 25.9 Å². The smallest absolute Gasteiger partial charge is 0.309 e. The van der Waals surface area contributed by atoms with Crippen molar-refractivity contribution in [2.75, 3.05) is 13.1 Å². The van der Waals surface area contributed by atoms with Gasteiger partial charge in [0.15, 0.2) is 11.5 Å². The molecular weight excluding hydrogens is 430 g/mol. The van der Waals surface area contributed by atoms with E-state index in [-0.39, 0.29) is 11.8 Å². The van der Waals surface area contributed by atoms with Crippen LogP contribution in [0.2, 0.25) is 5.02 Å². The largest absolute Gasteiger partial charge is 0.481 e. The second kappa shape index (κ2) is 8.41. The fourth-order valence-electron chi connectivity index (χ4n) is 4.39. The Kier molecular flexibility index (Phi) is 5.45. The summed E-state index contributed by atoms with van der Waals surface area (Å²) in [6.07, 6.45) is 1.48. The molecular formula is C24H22ClN3O4. The van der Waals surface area contributed by atoms with Crippen molar-refractivity contribution in [1.82, 2.24) is 15.4 Å². The maximum atomic E-state index is 12.7. The molecule has 32 heavy (non-hydrogen) atoms. The van der Waals surface area contributed by atoms with Gasteiger partial charge in [0.1, 0.15) is 0 Å². The van der Waals surface area contributed by atoms with Crippen molar-refractivity contribution in [2.24, 2.45) is 5.92 Å². The lowest BCUT2D eigenvalue weighted by Crippen LogP contribution is -2.49. The number of aromatic nitrogens is 1. The average Bonchev–Trinajstić information content (AvgIpc) is 3.18. The van der Waals surface area contributed by atoms with Crippen LogP contribution in [0.1, 0.15) is 32.7 Å². The number of carboxylic acid groups (broad SMARTS) is 1. The van der Waals surface area contributed by atoms with E-state index in [9.17, 15) is 9.59 Å². The molecule has 0 radical (unpaired) electrons. The fraction of sp³-hybridized carbons (Fsp3) is 0.292. The number of carbonyl (C=O) groups excluding carboxylic acids is 1. The maximum Gasteiger partial charge on any atom is 0.309 e. The maximum absolute atomic E-state index is 12.7. The Balaban J connectivity index is 1.28. The first-order valence-corrected chi connectivity index (χ1v) is 10.9. The van der Waals surface area contributed by atoms with Crippen LogP contribution >= 0.6 is 11.6 Å². The number of rotatable bonds is 6. The number of hydrogen-bond donors (Lipinski definition) is 2. The molecule has 8 heteroatoms. The first-order valence-electron chi connectivity index (χ1n) is 10.6. The van der Waals surface area contributed by atoms with E-state index in [1.807, 2.05) is 30.3 Å². The molecule has 0 atom stereocenters. The van der Waals surface area contributed by atoms with Crippen LogP contribution in [0.15, 0.2) is 47.0 Å². The highest BCUT2D eigenvalue weighted by Gasteiger charge is 2.33. The Morgan fingerprint density at radius 1 is 1.16 bits per heavy atom. The van der Waals surface area contributed by atoms with Gasteiger partial charge >= 0.3 is 5.97 Å². The molecule has 2 N–H and O–H groups in total. The molecule has 0 spiro atoms. The first-order chi connectivity index (χ1) is 15.5. The number of halogens is 1. The molecule has 5 rings (SSSR count). The topological polar surface area (TPSA) is 95.7 Å². The van der Waals surface area contributed by atoms with Gasteiger partial charge in [0.05, 0.1) is 5.92 Å². The second-order valence-electron chi connectivity index (χ2n) is 8.37. The van der Waals surface area contributed by atoms with Gasteiger partial charge in [-0.25, -0.2) is 0 Å². The zero-order valence-corrected chi connectivity index (χ0v) is 18.1. The third kappa shape index (κ3) is 4.01. The van der Waals surface area contributed by atoms with Crippen molar-refractivity contribution in [1.29, 1.82) is 0 Å². The first kappa shape index (κ1) is 20.7. The minimum absolute atomic E-state index is 0.257. The van der Waals surface area contributed by atoms with Gasteiger partial charge in [-0.2, -0.15) is 0 Å². The van der Waals surface area contributed by atoms with E-state index in [4.69, 9.17) is 21.2 Å². The molecule has 1 fully saturated rings. The number of aliphatic carboxylic acids is 1. The monoisotopic (exact) mass is 451 g/mol. The number of benzene rings is 2. The standard InChI is InChI=1S/C24H22ClN3O4/c25-18-3-1-2-14(9-18)10-26-23(29)21-20-7-5-16-8-15(4-6-19(16)22(20)32-27-21)11-28-12-17(13-28)24(30)31/h1-4,6,8-9,17H,5,7,10-13H2,(H,26,29)(H,30,31). The van der Waals surface area contributed by atoms with Crippen molar-refractivity contribution in [3.05, 3.63) is 75.4 Å². The van der Waals surface area contributed by atoms with E-state index in [1.165, 1.54) is 0 Å². The Bertz CT molecular complexity index is 1200. The molecule has 1 amide bonds. The number of nitrogens with zero attached hydrogens (tertiary/aromatic N) is 2. The normalized spacial score (nSPS) is 15.5. The number of fused-ring (bicyclic) bond motifs is 3. The van der Waals surface area contributed by atoms with Crippen LogP contribution in [0.3, 0.4) is 0 Å². The van der Waals surface area contributed by atoms with Crippen LogP contribution in [-0.4, -0.2) is 40.1 Å². The molecule has 0 saturated carbocycles. The summed E-state index contributed by atoms with van der Waals surface area (Å²) in [5.41, 5.74) is 5.35. The number of carboxylic acids is 1. The van der Waals surface area contributed by atoms with Gasteiger partial charge in [0.2, 0.25) is 0 Å². The lowest BCUT2D eigenvalue weighted by molar-refractivity contribution is -0.147. The lowest BCUT2D eigenvalue weighted by atomic mass is 9.88. The van der Waals surface area contributed by atoms with Crippen LogP contribution in [0.4, 0.5) is 0 Å². The lowest BCUT2D eigenvalue weighted by Gasteiger charge is -2.36. The number of carbonyl (C=O) groups is 2. The van der Waals surface area contributed by atoms with Crippen LogP contribution in [-0.2, 0) is 30.7 Å². The number of nitrogens with one attached hydrogen (secondary N) is 1. The van der Waals surface area contributed by atoms with E-state index < -0.39 is 5.97 Å². The van der Waals surface area contributed by atoms with E-state index in [0.717, 1.165) is 40.8 Å². The quantitative estimate of drug-likeness (QED) is 0.595. The minimum Gasteiger partial charge on any atom is -0.481 e. The highest BCUT2D eigenvalue weighted by molar-refractivity contribution is 6.30. The van der Waals surface area contributed by atoms with Crippen molar-refractivity contribution < 1.29 is 19.2 Å². The summed E-state index contributed by atoms with van der Waals surface area (Å²) in [5, 5.41) is 16.6. The molecule has 1 aliphatic carbocycles. The summed E-state index contributed by atoms with van der Waals surface area (Å²) in [7, 11) is 0. The predicted molar refractivity (Wildman–Crippen MR) is 118 cm³/mol. The molecule has 2 aliphatic rings. The van der Waals surface area contributed by atoms with Gasteiger partial charge in [-0.1, -0.05) is 47.1 Å². The van der Waals surface area contributed by atoms with E-state index in [1.54, 1.807) is 6.07 Å². The van der Waals surface area contributed by atoms with Gasteiger partial charge in [-0.15, -0.1) is 0 Å². The summed E-state index contributed by atoms with van der Waals surface area (Å²) in [6, 6.07) is 13.5. The highest BCUT2D eigenvalue weighted by Crippen LogP contribution is 2.36. The van der Waals surface area contributed by atoms with Crippen molar-refractivity contribution in [3.8, 4) is 11.3 Å². The average molecular weight is 452 g/mol. The van der Waals surface area contributed by atoms with Gasteiger partial charge in [-0.05, 0) is 41.7 Å². The minimum atomic E-state index is -0.725. The van der Waals surface area contributed by atoms with E-state index >= 15 is 0 Å².